The summed E-state index contributed by atoms with van der Waals surface area (Å²) in [5.74, 6) is -0.188. The number of carbonyl (C=O) groups excluding carboxylic acids is 2. The van der Waals surface area contributed by atoms with Crippen molar-refractivity contribution in [2.45, 2.75) is 12.8 Å². The number of urea groups is 1. The molecule has 25 heavy (non-hydrogen) atoms. The predicted octanol–water partition coefficient (Wildman–Crippen LogP) is 2.16. The molecule has 2 aromatic carbocycles. The molecular weight excluding hydrogens is 316 g/mol. The summed E-state index contributed by atoms with van der Waals surface area (Å²) in [7, 11) is 0. The summed E-state index contributed by atoms with van der Waals surface area (Å²) < 4.78 is 0. The molecule has 0 saturated carbocycles. The van der Waals surface area contributed by atoms with Crippen LogP contribution in [0.4, 0.5) is 10.5 Å². The molecule has 6 heteroatoms. The largest absolute Gasteiger partial charge is 0.355 e. The number of hydrogen-bond acceptors (Lipinski definition) is 3. The highest BCUT2D eigenvalue weighted by Crippen LogP contribution is 2.24. The first-order valence-corrected chi connectivity index (χ1v) is 8.70. The third-order valence-corrected chi connectivity index (χ3v) is 4.55. The van der Waals surface area contributed by atoms with Crippen molar-refractivity contribution in [1.29, 1.82) is 0 Å². The molecule has 0 aromatic heterocycles. The van der Waals surface area contributed by atoms with Crippen LogP contribution >= 0.6 is 0 Å². The quantitative estimate of drug-likeness (QED) is 0.797. The monoisotopic (exact) mass is 340 g/mol. The Morgan fingerprint density at radius 3 is 2.80 bits per heavy atom. The Balaban J connectivity index is 1.67. The van der Waals surface area contributed by atoms with Gasteiger partial charge in [-0.25, -0.2) is 4.79 Å². The normalized spacial score (nSPS) is 17.3. The number of likely N-dealkylation sites (tertiary alicyclic amines) is 1. The Bertz CT molecular complexity index is 757. The van der Waals surface area contributed by atoms with Gasteiger partial charge >= 0.3 is 6.03 Å². The zero-order valence-electron chi connectivity index (χ0n) is 14.2. The van der Waals surface area contributed by atoms with Crippen molar-refractivity contribution in [3.8, 4) is 0 Å². The molecule has 1 unspecified atom stereocenters. The van der Waals surface area contributed by atoms with Crippen molar-refractivity contribution in [2.24, 2.45) is 11.7 Å². The van der Waals surface area contributed by atoms with Gasteiger partial charge in [0, 0.05) is 31.6 Å². The Labute approximate surface area is 147 Å². The number of nitrogens with two attached hydrogens (primary N) is 1. The van der Waals surface area contributed by atoms with Gasteiger partial charge in [0.25, 0.3) is 0 Å². The van der Waals surface area contributed by atoms with E-state index in [2.05, 4.69) is 10.6 Å². The molecule has 4 N–H and O–H groups in total. The van der Waals surface area contributed by atoms with Crippen LogP contribution in [0.25, 0.3) is 10.8 Å². The molecule has 2 aromatic rings. The molecule has 0 aliphatic carbocycles. The first kappa shape index (κ1) is 17.2. The van der Waals surface area contributed by atoms with Crippen LogP contribution in [-0.4, -0.2) is 43.0 Å². The number of benzene rings is 2. The Hall–Kier alpha value is -2.60. The highest BCUT2D eigenvalue weighted by atomic mass is 16.2. The zero-order chi connectivity index (χ0) is 17.6. The van der Waals surface area contributed by atoms with E-state index in [1.807, 2.05) is 42.5 Å². The van der Waals surface area contributed by atoms with Crippen LogP contribution in [0, 0.1) is 5.92 Å². The summed E-state index contributed by atoms with van der Waals surface area (Å²) in [6.45, 7) is 1.99. The molecule has 132 valence electrons. The van der Waals surface area contributed by atoms with Crippen LogP contribution in [0.1, 0.15) is 12.8 Å². The molecule has 1 aliphatic rings. The number of fused-ring (bicyclic) bond motifs is 1. The van der Waals surface area contributed by atoms with Gasteiger partial charge in [-0.15, -0.1) is 0 Å². The molecule has 6 nitrogen and oxygen atoms in total. The van der Waals surface area contributed by atoms with Crippen molar-refractivity contribution in [3.63, 3.8) is 0 Å². The van der Waals surface area contributed by atoms with Gasteiger partial charge in [-0.2, -0.15) is 0 Å². The number of anilines is 1. The highest BCUT2D eigenvalue weighted by Gasteiger charge is 2.28. The fourth-order valence-corrected chi connectivity index (χ4v) is 3.24. The van der Waals surface area contributed by atoms with Gasteiger partial charge < -0.3 is 21.3 Å². The molecule has 1 atom stereocenters. The summed E-state index contributed by atoms with van der Waals surface area (Å²) >= 11 is 0. The molecule has 3 rings (SSSR count). The minimum absolute atomic E-state index is 0.0203. The predicted molar refractivity (Wildman–Crippen MR) is 99.3 cm³/mol. The maximum Gasteiger partial charge on any atom is 0.321 e. The van der Waals surface area contributed by atoms with Crippen LogP contribution in [0.3, 0.4) is 0 Å². The Morgan fingerprint density at radius 2 is 1.96 bits per heavy atom. The second kappa shape index (κ2) is 7.98. The van der Waals surface area contributed by atoms with E-state index < -0.39 is 0 Å². The fraction of sp³-hybridized carbons (Fsp3) is 0.368. The van der Waals surface area contributed by atoms with Crippen molar-refractivity contribution < 1.29 is 9.59 Å². The molecule has 1 fully saturated rings. The lowest BCUT2D eigenvalue weighted by Crippen LogP contribution is -2.47. The van der Waals surface area contributed by atoms with Gasteiger partial charge in [-0.05, 0) is 24.3 Å². The van der Waals surface area contributed by atoms with E-state index in [4.69, 9.17) is 5.73 Å². The first-order valence-electron chi connectivity index (χ1n) is 8.70. The number of piperidine rings is 1. The van der Waals surface area contributed by atoms with Gasteiger partial charge in [0.1, 0.15) is 0 Å². The van der Waals surface area contributed by atoms with E-state index in [0.29, 0.717) is 26.2 Å². The fourth-order valence-electron chi connectivity index (χ4n) is 3.24. The number of amides is 3. The molecule has 3 amide bonds. The highest BCUT2D eigenvalue weighted by molar-refractivity contribution is 6.01. The first-order chi connectivity index (χ1) is 12.2. The molecule has 0 bridgehead atoms. The summed E-state index contributed by atoms with van der Waals surface area (Å²) in [6.07, 6.45) is 1.62. The number of carbonyl (C=O) groups is 2. The number of rotatable bonds is 4. The second-order valence-corrected chi connectivity index (χ2v) is 6.32. The third kappa shape index (κ3) is 4.09. The molecular formula is C19H24N4O2. The van der Waals surface area contributed by atoms with Crippen LogP contribution in [-0.2, 0) is 4.79 Å². The summed E-state index contributed by atoms with van der Waals surface area (Å²) in [5, 5.41) is 7.89. The van der Waals surface area contributed by atoms with E-state index in [-0.39, 0.29) is 17.9 Å². The average Bonchev–Trinajstić information content (AvgIpc) is 2.66. The van der Waals surface area contributed by atoms with Gasteiger partial charge in [-0.1, -0.05) is 36.4 Å². The van der Waals surface area contributed by atoms with Crippen molar-refractivity contribution in [1.82, 2.24) is 10.2 Å². The van der Waals surface area contributed by atoms with Gasteiger partial charge in [-0.3, -0.25) is 4.79 Å². The molecule has 1 aliphatic heterocycles. The topological polar surface area (TPSA) is 87.5 Å². The average molecular weight is 340 g/mol. The van der Waals surface area contributed by atoms with Crippen LogP contribution in [0.5, 0.6) is 0 Å². The number of nitrogens with zero attached hydrogens (tertiary/aromatic N) is 1. The molecule has 1 saturated heterocycles. The summed E-state index contributed by atoms with van der Waals surface area (Å²) in [6, 6.07) is 13.6. The van der Waals surface area contributed by atoms with Crippen LogP contribution in [0.2, 0.25) is 0 Å². The maximum atomic E-state index is 12.7. The SMILES string of the molecule is NCCNC(=O)C1CCCN(C(=O)Nc2cccc3ccccc23)C1. The molecule has 0 spiro atoms. The van der Waals surface area contributed by atoms with E-state index in [9.17, 15) is 9.59 Å². The number of nitrogens with one attached hydrogen (secondary N) is 2. The zero-order valence-corrected chi connectivity index (χ0v) is 14.2. The van der Waals surface area contributed by atoms with Crippen molar-refractivity contribution >= 4 is 28.4 Å². The lowest BCUT2D eigenvalue weighted by molar-refractivity contribution is -0.126. The Kier molecular flexibility index (Phi) is 5.50. The smallest absolute Gasteiger partial charge is 0.321 e. The molecule has 1 heterocycles. The third-order valence-electron chi connectivity index (χ3n) is 4.55. The van der Waals surface area contributed by atoms with Gasteiger partial charge in [0.05, 0.1) is 11.6 Å². The maximum absolute atomic E-state index is 12.7. The van der Waals surface area contributed by atoms with E-state index >= 15 is 0 Å². The van der Waals surface area contributed by atoms with Crippen molar-refractivity contribution in [3.05, 3.63) is 42.5 Å². The molecule has 0 radical (unpaired) electrons. The van der Waals surface area contributed by atoms with E-state index in [1.165, 1.54) is 0 Å². The van der Waals surface area contributed by atoms with Gasteiger partial charge in [0.15, 0.2) is 0 Å². The standard InChI is InChI=1S/C19H24N4O2/c20-10-11-21-18(24)15-7-4-12-23(13-15)19(25)22-17-9-3-6-14-5-1-2-8-16(14)17/h1-3,5-6,8-9,15H,4,7,10-13,20H2,(H,21,24)(H,22,25). The summed E-state index contributed by atoms with van der Waals surface area (Å²) in [4.78, 5) is 26.5. The lowest BCUT2D eigenvalue weighted by atomic mass is 9.97. The van der Waals surface area contributed by atoms with Gasteiger partial charge in [0.2, 0.25) is 5.91 Å². The van der Waals surface area contributed by atoms with E-state index in [0.717, 1.165) is 29.3 Å². The van der Waals surface area contributed by atoms with Crippen LogP contribution < -0.4 is 16.4 Å². The van der Waals surface area contributed by atoms with E-state index in [1.54, 1.807) is 4.90 Å². The lowest BCUT2D eigenvalue weighted by Gasteiger charge is -2.32. The van der Waals surface area contributed by atoms with Crippen molar-refractivity contribution in [2.75, 3.05) is 31.5 Å². The summed E-state index contributed by atoms with van der Waals surface area (Å²) in [5.41, 5.74) is 6.21. The van der Waals surface area contributed by atoms with Crippen LogP contribution in [0.15, 0.2) is 42.5 Å². The Morgan fingerprint density at radius 1 is 1.16 bits per heavy atom. The second-order valence-electron chi connectivity index (χ2n) is 6.32. The minimum atomic E-state index is -0.168. The minimum Gasteiger partial charge on any atom is -0.355 e. The number of hydrogen-bond donors (Lipinski definition) is 3.